The van der Waals surface area contributed by atoms with Crippen LogP contribution in [0.15, 0.2) is 71.8 Å². The number of benzene rings is 3. The third-order valence-corrected chi connectivity index (χ3v) is 13.5. The van der Waals surface area contributed by atoms with Crippen molar-refractivity contribution in [3.8, 4) is 28.0 Å². The number of ether oxygens (including phenoxy) is 6. The van der Waals surface area contributed by atoms with E-state index in [2.05, 4.69) is 25.2 Å². The molecule has 74 heavy (non-hydrogen) atoms. The topological polar surface area (TPSA) is 239 Å². The molecule has 1 unspecified atom stereocenters. The molecule has 0 radical (unpaired) electrons. The fourth-order valence-electron chi connectivity index (χ4n) is 8.39. The highest BCUT2D eigenvalue weighted by Crippen LogP contribution is 2.38. The largest absolute Gasteiger partial charge is 0.490 e. The molecule has 0 bridgehead atoms. The number of nitrogens with one attached hydrogen (secondary N) is 3. The van der Waals surface area contributed by atoms with E-state index in [0.29, 0.717) is 106 Å². The predicted octanol–water partition coefficient (Wildman–Crippen LogP) is 4.64. The number of pyridine rings is 1. The highest BCUT2D eigenvalue weighted by atomic mass is 32.2. The van der Waals surface area contributed by atoms with Gasteiger partial charge in [0.2, 0.25) is 11.8 Å². The molecule has 1 saturated carbocycles. The first-order valence-corrected chi connectivity index (χ1v) is 25.7. The molecular formula is C53H64FN7O12S. The van der Waals surface area contributed by atoms with E-state index < -0.39 is 23.8 Å². The van der Waals surface area contributed by atoms with Gasteiger partial charge >= 0.3 is 0 Å². The number of aldehydes is 1. The van der Waals surface area contributed by atoms with Crippen molar-refractivity contribution in [2.75, 3.05) is 105 Å². The first kappa shape index (κ1) is 55.4. The first-order chi connectivity index (χ1) is 36.1. The number of likely N-dealkylation sites (N-methyl/N-ethyl adjacent to an activating group) is 1. The molecule has 1 aliphatic carbocycles. The molecule has 2 aliphatic heterocycles. The van der Waals surface area contributed by atoms with Gasteiger partial charge in [-0.05, 0) is 91.6 Å². The summed E-state index contributed by atoms with van der Waals surface area (Å²) in [5.41, 5.74) is 10.6. The summed E-state index contributed by atoms with van der Waals surface area (Å²) in [6.07, 6.45) is 6.08. The van der Waals surface area contributed by atoms with Gasteiger partial charge in [-0.1, -0.05) is 24.3 Å². The van der Waals surface area contributed by atoms with E-state index in [1.54, 1.807) is 36.5 Å². The van der Waals surface area contributed by atoms with Gasteiger partial charge in [0.25, 0.3) is 17.7 Å². The molecule has 3 heterocycles. The number of carbonyl (C=O) groups is 6. The van der Waals surface area contributed by atoms with E-state index >= 15 is 4.39 Å². The number of amides is 5. The Morgan fingerprint density at radius 3 is 2.22 bits per heavy atom. The normalized spacial score (nSPS) is 14.4. The average molecular weight is 1040 g/mol. The van der Waals surface area contributed by atoms with Crippen LogP contribution in [0.4, 0.5) is 10.2 Å². The Bertz CT molecular complexity index is 2600. The van der Waals surface area contributed by atoms with Crippen LogP contribution < -0.4 is 26.4 Å². The summed E-state index contributed by atoms with van der Waals surface area (Å²) in [7, 11) is 1.40. The van der Waals surface area contributed by atoms with Crippen molar-refractivity contribution < 1.29 is 61.6 Å². The summed E-state index contributed by atoms with van der Waals surface area (Å²) in [6, 6.07) is 16.6. The second-order valence-corrected chi connectivity index (χ2v) is 18.7. The molecule has 0 saturated heterocycles. The Morgan fingerprint density at radius 1 is 0.851 bits per heavy atom. The van der Waals surface area contributed by atoms with Crippen molar-refractivity contribution >= 4 is 53.6 Å². The van der Waals surface area contributed by atoms with Crippen molar-refractivity contribution in [2.24, 2.45) is 0 Å². The Balaban J connectivity index is 0.675. The molecule has 21 heteroatoms. The zero-order valence-electron chi connectivity index (χ0n) is 41.5. The third-order valence-electron chi connectivity index (χ3n) is 12.3. The maximum atomic E-state index is 15.7. The Kier molecular flexibility index (Phi) is 21.2. The van der Waals surface area contributed by atoms with Crippen LogP contribution in [-0.4, -0.2) is 161 Å². The fraction of sp³-hybridized carbons (Fsp3) is 0.453. The van der Waals surface area contributed by atoms with Crippen molar-refractivity contribution in [3.63, 3.8) is 0 Å². The molecule has 1 aromatic heterocycles. The third kappa shape index (κ3) is 15.4. The van der Waals surface area contributed by atoms with Crippen LogP contribution in [0.3, 0.4) is 0 Å². The molecular weight excluding hydrogens is 978 g/mol. The highest BCUT2D eigenvalue weighted by Gasteiger charge is 2.44. The van der Waals surface area contributed by atoms with Crippen molar-refractivity contribution in [2.45, 2.75) is 61.9 Å². The van der Waals surface area contributed by atoms with Gasteiger partial charge in [-0.2, -0.15) is 0 Å². The van der Waals surface area contributed by atoms with E-state index in [-0.39, 0.29) is 73.6 Å². The molecule has 3 aromatic carbocycles. The number of halogens is 1. The van der Waals surface area contributed by atoms with Gasteiger partial charge in [0.05, 0.1) is 77.2 Å². The highest BCUT2D eigenvalue weighted by molar-refractivity contribution is 7.97. The molecule has 5 N–H and O–H groups in total. The number of nitrogen functional groups attached to an aromatic ring is 1. The maximum Gasteiger partial charge on any atom is 0.266 e. The summed E-state index contributed by atoms with van der Waals surface area (Å²) in [5.74, 6) is -1.83. The van der Waals surface area contributed by atoms with Gasteiger partial charge in [0.1, 0.15) is 36.3 Å². The minimum atomic E-state index is -1.12. The van der Waals surface area contributed by atoms with Crippen LogP contribution in [0.5, 0.6) is 5.75 Å². The van der Waals surface area contributed by atoms with E-state index in [1.165, 1.54) is 25.1 Å². The lowest BCUT2D eigenvalue weighted by molar-refractivity contribution is -0.125. The summed E-state index contributed by atoms with van der Waals surface area (Å²) >= 11 is 1.52. The molecule has 4 aromatic rings. The Labute approximate surface area is 433 Å². The molecule has 3 aliphatic rings. The molecule has 396 valence electrons. The molecule has 7 rings (SSSR count). The lowest BCUT2D eigenvalue weighted by atomic mass is 9.94. The number of nitrogens with two attached hydrogens (primary N) is 1. The zero-order chi connectivity index (χ0) is 52.2. The molecule has 5 amide bonds. The maximum absolute atomic E-state index is 15.7. The Hall–Kier alpha value is -6.33. The number of hydrogen-bond acceptors (Lipinski definition) is 16. The van der Waals surface area contributed by atoms with Crippen molar-refractivity contribution in [3.05, 3.63) is 94.9 Å². The average Bonchev–Trinajstić information content (AvgIpc) is 4.22. The van der Waals surface area contributed by atoms with Gasteiger partial charge in [-0.3, -0.25) is 28.9 Å². The predicted molar refractivity (Wildman–Crippen MR) is 273 cm³/mol. The van der Waals surface area contributed by atoms with Crippen LogP contribution in [0.25, 0.3) is 22.3 Å². The minimum Gasteiger partial charge on any atom is -0.490 e. The number of fused-ring (bicyclic) bond motifs is 2. The molecule has 19 nitrogen and oxygen atoms in total. The quantitative estimate of drug-likeness (QED) is 0.0220. The summed E-state index contributed by atoms with van der Waals surface area (Å²) in [5, 5.41) is 8.27. The van der Waals surface area contributed by atoms with E-state index in [0.717, 1.165) is 53.2 Å². The smallest absolute Gasteiger partial charge is 0.266 e. The minimum absolute atomic E-state index is 0.0113. The van der Waals surface area contributed by atoms with Gasteiger partial charge in [0.15, 0.2) is 0 Å². The van der Waals surface area contributed by atoms with Crippen molar-refractivity contribution in [1.29, 1.82) is 0 Å². The lowest BCUT2D eigenvalue weighted by Gasteiger charge is -2.24. The van der Waals surface area contributed by atoms with Crippen LogP contribution in [0.1, 0.15) is 75.2 Å². The molecule has 1 fully saturated rings. The van der Waals surface area contributed by atoms with E-state index in [9.17, 15) is 28.8 Å². The van der Waals surface area contributed by atoms with Crippen LogP contribution in [0.2, 0.25) is 0 Å². The summed E-state index contributed by atoms with van der Waals surface area (Å²) in [4.78, 5) is 80.5. The summed E-state index contributed by atoms with van der Waals surface area (Å²) < 4.78 is 51.5. The molecule has 0 spiro atoms. The number of aromatic nitrogens is 1. The summed E-state index contributed by atoms with van der Waals surface area (Å²) in [6.45, 7) is 5.23. The Morgan fingerprint density at radius 2 is 1.54 bits per heavy atom. The number of imide groups is 1. The number of rotatable bonds is 33. The van der Waals surface area contributed by atoms with Gasteiger partial charge < -0.3 is 54.9 Å². The van der Waals surface area contributed by atoms with Crippen molar-refractivity contribution in [1.82, 2.24) is 30.1 Å². The van der Waals surface area contributed by atoms with Gasteiger partial charge in [-0.25, -0.2) is 13.7 Å². The number of anilines is 1. The lowest BCUT2D eigenvalue weighted by Crippen LogP contribution is -2.48. The molecule has 1 atom stereocenters. The number of carbonyl (C=O) groups excluding carboxylic acids is 6. The van der Waals surface area contributed by atoms with Crippen LogP contribution in [0, 0.1) is 5.82 Å². The first-order valence-electron chi connectivity index (χ1n) is 24.9. The van der Waals surface area contributed by atoms with E-state index in [4.69, 9.17) is 34.2 Å². The second-order valence-electron chi connectivity index (χ2n) is 17.5. The number of hydrogen-bond donors (Lipinski definition) is 4. The second kappa shape index (κ2) is 28.4. The van der Waals surface area contributed by atoms with Gasteiger partial charge in [-0.15, -0.1) is 0 Å². The zero-order valence-corrected chi connectivity index (χ0v) is 42.4. The monoisotopic (exact) mass is 1040 g/mol. The SMILES string of the molecule is CNC(=O)C(CCC=O)N1C(=O)c2cccc(OCCOCCOCCOCCOCCOCCC(=O)NCCCN(Sc3ccc(-c4cnc(N)c(-c5ccc6c(c5)CCNC6=O)c4)c(F)c3)C3CC3)c2C1=O. The van der Waals surface area contributed by atoms with Crippen LogP contribution in [-0.2, 0) is 44.5 Å². The fourth-order valence-corrected chi connectivity index (χ4v) is 9.53. The standard InChI is InChI=1S/C53H64FN7O12S/c1-56-51(65)45(6-3-19-62)61-52(66)42-5-2-7-46(48(42)53(61)67)73-30-29-72-28-27-71-26-25-70-24-23-69-22-21-68-20-15-47(63)57-16-4-18-60(38-9-10-38)74-39-11-13-40(44(54)33-39)37-32-43(49(55)59-34-37)35-8-12-41-36(31-35)14-17-58-50(41)64/h2,5,7-8,11-13,19,31-34,38,45H,3-4,6,9-10,14-18,20-30H2,1H3,(H2,55,59)(H,56,65)(H,57,63)(H,58,64). The van der Waals surface area contributed by atoms with E-state index in [1.807, 2.05) is 24.3 Å². The van der Waals surface area contributed by atoms with Gasteiger partial charge in [0, 0.05) is 78.9 Å². The van der Waals surface area contributed by atoms with Crippen LogP contribution >= 0.6 is 11.9 Å². The number of nitrogens with zero attached hydrogens (tertiary/aromatic N) is 3.